The van der Waals surface area contributed by atoms with Crippen LogP contribution in [0.4, 0.5) is 30.6 Å². The molecule has 0 aliphatic heterocycles. The van der Waals surface area contributed by atoms with Crippen molar-refractivity contribution in [1.29, 1.82) is 0 Å². The van der Waals surface area contributed by atoms with Gasteiger partial charge in [0.15, 0.2) is 0 Å². The summed E-state index contributed by atoms with van der Waals surface area (Å²) in [6, 6.07) is 7.36. The van der Waals surface area contributed by atoms with Crippen molar-refractivity contribution in [2.24, 2.45) is 12.5 Å². The normalized spacial score (nSPS) is 11.9. The molecule has 0 aliphatic carbocycles. The zero-order valence-electron chi connectivity index (χ0n) is 22.2. The van der Waals surface area contributed by atoms with Crippen molar-refractivity contribution in [3.05, 3.63) is 69.3 Å². The van der Waals surface area contributed by atoms with E-state index < -0.39 is 28.8 Å². The highest BCUT2D eigenvalue weighted by Crippen LogP contribution is 2.37. The molecule has 2 heterocycles. The molecule has 14 heteroatoms. The lowest BCUT2D eigenvalue weighted by atomic mass is 9.95. The number of carbonyl (C=O) groups excluding carboxylic acids is 2. The first-order chi connectivity index (χ1) is 19.1. The summed E-state index contributed by atoms with van der Waals surface area (Å²) in [4.78, 5) is 33.3. The van der Waals surface area contributed by atoms with Crippen molar-refractivity contribution in [3.8, 4) is 5.75 Å². The number of pyridine rings is 1. The van der Waals surface area contributed by atoms with Crippen LogP contribution in [0.15, 0.2) is 42.6 Å². The lowest BCUT2D eigenvalue weighted by Gasteiger charge is -2.19. The highest BCUT2D eigenvalue weighted by atomic mass is 35.5. The smallest absolute Gasteiger partial charge is 0.416 e. The van der Waals surface area contributed by atoms with Crippen LogP contribution >= 0.6 is 23.2 Å². The van der Waals surface area contributed by atoms with E-state index in [9.17, 15) is 27.9 Å². The number of benzene rings is 2. The second-order valence-corrected chi connectivity index (χ2v) is 11.0. The van der Waals surface area contributed by atoms with Gasteiger partial charge >= 0.3 is 6.18 Å². The average Bonchev–Trinajstić information content (AvgIpc) is 3.18. The first-order valence-corrected chi connectivity index (χ1v) is 12.9. The number of phenols is 1. The number of rotatable bonds is 6. The van der Waals surface area contributed by atoms with Crippen LogP contribution in [0.25, 0.3) is 11.0 Å². The second-order valence-electron chi connectivity index (χ2n) is 10.2. The van der Waals surface area contributed by atoms with Gasteiger partial charge in [0.25, 0.3) is 5.91 Å². The largest absolute Gasteiger partial charge is 0.507 e. The number of hydrogen-bond donors (Lipinski definition) is 4. The van der Waals surface area contributed by atoms with E-state index in [1.807, 2.05) is 0 Å². The number of halogens is 5. The number of aromatic hydroxyl groups is 1. The summed E-state index contributed by atoms with van der Waals surface area (Å²) in [5, 5.41) is 19.2. The first kappa shape index (κ1) is 29.9. The number of nitrogens with one attached hydrogen (secondary N) is 3. The van der Waals surface area contributed by atoms with Crippen molar-refractivity contribution in [3.63, 3.8) is 0 Å². The molecule has 0 unspecified atom stereocenters. The molecular weight excluding hydrogens is 584 g/mol. The minimum Gasteiger partial charge on any atom is -0.507 e. The third kappa shape index (κ3) is 6.49. The van der Waals surface area contributed by atoms with Crippen LogP contribution in [0.2, 0.25) is 10.0 Å². The Balaban J connectivity index is 1.61. The molecule has 0 radical (unpaired) electrons. The summed E-state index contributed by atoms with van der Waals surface area (Å²) in [6.07, 6.45) is -3.70. The fraction of sp³-hybridized carbons (Fsp3) is 0.259. The predicted molar refractivity (Wildman–Crippen MR) is 151 cm³/mol. The number of carbonyl (C=O) groups is 2. The van der Waals surface area contributed by atoms with Gasteiger partial charge in [-0.15, -0.1) is 0 Å². The maximum absolute atomic E-state index is 13.0. The second kappa shape index (κ2) is 11.1. The van der Waals surface area contributed by atoms with E-state index in [1.165, 1.54) is 12.1 Å². The fourth-order valence-corrected chi connectivity index (χ4v) is 4.31. The maximum atomic E-state index is 13.0. The van der Waals surface area contributed by atoms with E-state index in [4.69, 9.17) is 23.2 Å². The molecular formula is C27H25Cl2F3N6O3. The minimum atomic E-state index is -4.62. The number of fused-ring (bicyclic) bond motifs is 1. The van der Waals surface area contributed by atoms with Crippen LogP contribution in [0, 0.1) is 5.41 Å². The number of anilines is 3. The van der Waals surface area contributed by atoms with Gasteiger partial charge in [-0.25, -0.2) is 9.97 Å². The Morgan fingerprint density at radius 3 is 2.44 bits per heavy atom. The van der Waals surface area contributed by atoms with E-state index in [1.54, 1.807) is 44.5 Å². The van der Waals surface area contributed by atoms with Crippen LogP contribution in [-0.2, 0) is 24.6 Å². The van der Waals surface area contributed by atoms with Gasteiger partial charge in [-0.05, 0) is 29.8 Å². The van der Waals surface area contributed by atoms with Gasteiger partial charge in [0, 0.05) is 31.3 Å². The Hall–Kier alpha value is -4.03. The van der Waals surface area contributed by atoms with Crippen LogP contribution in [0.5, 0.6) is 5.75 Å². The van der Waals surface area contributed by atoms with E-state index in [0.29, 0.717) is 22.8 Å². The van der Waals surface area contributed by atoms with Crippen molar-refractivity contribution in [1.82, 2.24) is 19.9 Å². The summed E-state index contributed by atoms with van der Waals surface area (Å²) in [5.74, 6) is -1.54. The van der Waals surface area contributed by atoms with E-state index in [2.05, 4.69) is 25.9 Å². The molecule has 4 aromatic rings. The number of aryl methyl sites for hydroxylation is 1. The average molecular weight is 609 g/mol. The topological polar surface area (TPSA) is 121 Å². The minimum absolute atomic E-state index is 0.156. The molecule has 0 fully saturated rings. The van der Waals surface area contributed by atoms with Gasteiger partial charge in [-0.1, -0.05) is 50.0 Å². The molecule has 0 spiro atoms. The monoisotopic (exact) mass is 608 g/mol. The molecule has 0 atom stereocenters. The Morgan fingerprint density at radius 2 is 1.78 bits per heavy atom. The summed E-state index contributed by atoms with van der Waals surface area (Å²) < 4.78 is 40.6. The lowest BCUT2D eigenvalue weighted by molar-refractivity contribution is -0.137. The van der Waals surface area contributed by atoms with Crippen LogP contribution in [0.3, 0.4) is 0 Å². The summed E-state index contributed by atoms with van der Waals surface area (Å²) in [7, 11) is 1.65. The highest BCUT2D eigenvalue weighted by molar-refractivity contribution is 6.39. The first-order valence-electron chi connectivity index (χ1n) is 12.1. The van der Waals surface area contributed by atoms with Crippen molar-refractivity contribution in [2.45, 2.75) is 33.5 Å². The Morgan fingerprint density at radius 1 is 1.07 bits per heavy atom. The molecule has 4 rings (SSSR count). The standard InChI is InChI=1S/C27H25Cl2F3N6O3/c1-26(2,3)24(41)34-12-13-5-6-16(28)22(21(13)29)37-25-35-17-10-15(19(39)11-18(17)38(25)4)23(40)36-20-9-14(7-8-33-20)27(30,31)32/h5-11,39H,12H2,1-4H3,(H,34,41)(H,35,37)(H,33,36,40). The molecule has 0 saturated carbocycles. The Labute approximate surface area is 242 Å². The number of amides is 2. The molecule has 0 saturated heterocycles. The van der Waals surface area contributed by atoms with Gasteiger partial charge < -0.3 is 25.6 Å². The van der Waals surface area contributed by atoms with Gasteiger partial charge in [-0.3, -0.25) is 9.59 Å². The maximum Gasteiger partial charge on any atom is 0.416 e. The van der Waals surface area contributed by atoms with Crippen LogP contribution in [0.1, 0.15) is 42.3 Å². The number of hydrogen-bond acceptors (Lipinski definition) is 6. The van der Waals surface area contributed by atoms with E-state index in [-0.39, 0.29) is 45.3 Å². The number of alkyl halides is 3. The third-order valence-electron chi connectivity index (χ3n) is 6.10. The molecule has 41 heavy (non-hydrogen) atoms. The van der Waals surface area contributed by atoms with Crippen molar-refractivity contribution in [2.75, 3.05) is 10.6 Å². The third-order valence-corrected chi connectivity index (χ3v) is 6.85. The van der Waals surface area contributed by atoms with E-state index in [0.717, 1.165) is 12.3 Å². The molecule has 0 bridgehead atoms. The zero-order chi connectivity index (χ0) is 30.3. The highest BCUT2D eigenvalue weighted by Gasteiger charge is 2.31. The lowest BCUT2D eigenvalue weighted by Crippen LogP contribution is -2.34. The zero-order valence-corrected chi connectivity index (χ0v) is 23.8. The van der Waals surface area contributed by atoms with E-state index >= 15 is 0 Å². The molecule has 9 nitrogen and oxygen atoms in total. The Bertz CT molecular complexity index is 1670. The van der Waals surface area contributed by atoms with Gasteiger partial charge in [0.1, 0.15) is 11.6 Å². The molecule has 216 valence electrons. The number of imidazole rings is 1. The van der Waals surface area contributed by atoms with Gasteiger partial charge in [-0.2, -0.15) is 13.2 Å². The molecule has 4 N–H and O–H groups in total. The van der Waals surface area contributed by atoms with Crippen molar-refractivity contribution >= 4 is 63.5 Å². The number of nitrogens with zero attached hydrogens (tertiary/aromatic N) is 3. The number of phenolic OH excluding ortho intramolecular Hbond substituents is 1. The summed E-state index contributed by atoms with van der Waals surface area (Å²) in [6.45, 7) is 5.54. The molecule has 0 aliphatic rings. The summed E-state index contributed by atoms with van der Waals surface area (Å²) in [5.41, 5.74) is -0.148. The SMILES string of the molecule is Cn1c(Nc2c(Cl)ccc(CNC(=O)C(C)(C)C)c2Cl)nc2cc(C(=O)Nc3cc(C(F)(F)F)ccn3)c(O)cc21. The fourth-order valence-electron chi connectivity index (χ4n) is 3.78. The summed E-state index contributed by atoms with van der Waals surface area (Å²) >= 11 is 13.0. The molecule has 2 aromatic heterocycles. The van der Waals surface area contributed by atoms with Crippen molar-refractivity contribution < 1.29 is 27.9 Å². The van der Waals surface area contributed by atoms with Gasteiger partial charge in [0.2, 0.25) is 11.9 Å². The Kier molecular flexibility index (Phi) is 8.10. The van der Waals surface area contributed by atoms with Gasteiger partial charge in [0.05, 0.1) is 37.9 Å². The predicted octanol–water partition coefficient (Wildman–Crippen LogP) is 6.66. The van der Waals surface area contributed by atoms with Crippen LogP contribution < -0.4 is 16.0 Å². The molecule has 2 amide bonds. The molecule has 2 aromatic carbocycles. The number of aromatic nitrogens is 3. The van der Waals surface area contributed by atoms with Crippen LogP contribution in [-0.4, -0.2) is 31.5 Å². The quantitative estimate of drug-likeness (QED) is 0.194.